The van der Waals surface area contributed by atoms with E-state index in [9.17, 15) is 23.1 Å². The highest BCUT2D eigenvalue weighted by molar-refractivity contribution is 5.77. The van der Waals surface area contributed by atoms with Crippen molar-refractivity contribution in [3.05, 3.63) is 29.8 Å². The molecule has 0 aromatic heterocycles. The van der Waals surface area contributed by atoms with Crippen LogP contribution in [0.25, 0.3) is 0 Å². The number of piperidine rings is 1. The first kappa shape index (κ1) is 17.1. The average Bonchev–Trinajstić information content (AvgIpc) is 2.55. The number of benzene rings is 1. The molecule has 1 N–H and O–H groups in total. The molecule has 0 bridgehead atoms. The number of carbonyl (C=O) groups is 1. The number of rotatable bonds is 2. The summed E-state index contributed by atoms with van der Waals surface area (Å²) in [5.74, 6) is 0.624. The monoisotopic (exact) mass is 343 g/mol. The van der Waals surface area contributed by atoms with E-state index in [2.05, 4.69) is 0 Å². The number of alkyl halides is 3. The van der Waals surface area contributed by atoms with E-state index in [0.717, 1.165) is 11.3 Å². The first-order chi connectivity index (χ1) is 11.3. The lowest BCUT2D eigenvalue weighted by molar-refractivity contribution is -0.272. The maximum absolute atomic E-state index is 12.8. The van der Waals surface area contributed by atoms with Gasteiger partial charge in [0.1, 0.15) is 5.75 Å². The van der Waals surface area contributed by atoms with E-state index in [1.165, 1.54) is 4.90 Å². The Labute approximate surface area is 138 Å². The molecule has 2 aliphatic heterocycles. The lowest BCUT2D eigenvalue weighted by Gasteiger charge is -2.39. The van der Waals surface area contributed by atoms with Gasteiger partial charge in [-0.25, -0.2) is 0 Å². The Morgan fingerprint density at radius 2 is 1.96 bits per heavy atom. The molecule has 1 saturated heterocycles. The van der Waals surface area contributed by atoms with Crippen LogP contribution in [0, 0.1) is 0 Å². The predicted octanol–water partition coefficient (Wildman–Crippen LogP) is 2.86. The van der Waals surface area contributed by atoms with E-state index < -0.39 is 24.6 Å². The molecule has 1 aromatic carbocycles. The number of amides is 1. The van der Waals surface area contributed by atoms with Crippen molar-refractivity contribution in [2.45, 2.75) is 43.4 Å². The standard InChI is InChI=1S/C17H20F3NO3/c18-17(19,20)16(23)6-8-21(9-7-16)15(22)11-12-5-10-24-14-4-2-1-3-13(12)14/h1-4,12,23H,5-11H2. The lowest BCUT2D eigenvalue weighted by atomic mass is 9.88. The molecule has 1 unspecified atom stereocenters. The number of nitrogens with zero attached hydrogens (tertiary/aromatic N) is 1. The van der Waals surface area contributed by atoms with Crippen LogP contribution in [0.15, 0.2) is 24.3 Å². The summed E-state index contributed by atoms with van der Waals surface area (Å²) in [5, 5.41) is 9.68. The quantitative estimate of drug-likeness (QED) is 0.898. The van der Waals surface area contributed by atoms with Gasteiger partial charge in [0, 0.05) is 32.4 Å². The average molecular weight is 343 g/mol. The summed E-state index contributed by atoms with van der Waals surface area (Å²) < 4.78 is 44.0. The number of aliphatic hydroxyl groups is 1. The van der Waals surface area contributed by atoms with Gasteiger partial charge < -0.3 is 14.7 Å². The second-order valence-electron chi connectivity index (χ2n) is 6.49. The van der Waals surface area contributed by atoms with E-state index in [1.807, 2.05) is 24.3 Å². The Morgan fingerprint density at radius 1 is 1.29 bits per heavy atom. The zero-order valence-corrected chi connectivity index (χ0v) is 13.2. The molecule has 0 saturated carbocycles. The summed E-state index contributed by atoms with van der Waals surface area (Å²) in [7, 11) is 0. The molecule has 0 spiro atoms. The largest absolute Gasteiger partial charge is 0.493 e. The number of hydrogen-bond acceptors (Lipinski definition) is 3. The topological polar surface area (TPSA) is 49.8 Å². The van der Waals surface area contributed by atoms with Gasteiger partial charge in [-0.3, -0.25) is 4.79 Å². The third kappa shape index (κ3) is 3.22. The molecule has 4 nitrogen and oxygen atoms in total. The number of carbonyl (C=O) groups excluding carboxylic acids is 1. The van der Waals surface area contributed by atoms with E-state index in [1.54, 1.807) is 0 Å². The zero-order chi connectivity index (χ0) is 17.4. The first-order valence-corrected chi connectivity index (χ1v) is 8.09. The van der Waals surface area contributed by atoms with Crippen molar-refractivity contribution in [3.63, 3.8) is 0 Å². The maximum atomic E-state index is 12.8. The van der Waals surface area contributed by atoms with Crippen molar-refractivity contribution < 1.29 is 27.8 Å². The second kappa shape index (κ2) is 6.27. The highest BCUT2D eigenvalue weighted by Gasteiger charge is 2.54. The number of fused-ring (bicyclic) bond motifs is 1. The van der Waals surface area contributed by atoms with Gasteiger partial charge in [-0.15, -0.1) is 0 Å². The Kier molecular flexibility index (Phi) is 4.46. The summed E-state index contributed by atoms with van der Waals surface area (Å²) in [4.78, 5) is 13.9. The number of halogens is 3. The number of hydrogen-bond donors (Lipinski definition) is 1. The third-order valence-electron chi connectivity index (χ3n) is 4.97. The van der Waals surface area contributed by atoms with Crippen LogP contribution in [-0.2, 0) is 4.79 Å². The highest BCUT2D eigenvalue weighted by atomic mass is 19.4. The van der Waals surface area contributed by atoms with Crippen LogP contribution < -0.4 is 4.74 Å². The van der Waals surface area contributed by atoms with Crippen LogP contribution in [0.1, 0.15) is 37.2 Å². The van der Waals surface area contributed by atoms with Gasteiger partial charge in [-0.1, -0.05) is 18.2 Å². The van der Waals surface area contributed by atoms with Gasteiger partial charge in [-0.2, -0.15) is 13.2 Å². The third-order valence-corrected chi connectivity index (χ3v) is 4.97. The smallest absolute Gasteiger partial charge is 0.417 e. The van der Waals surface area contributed by atoms with Gasteiger partial charge in [-0.05, 0) is 24.0 Å². The summed E-state index contributed by atoms with van der Waals surface area (Å²) in [5.41, 5.74) is -1.70. The minimum absolute atomic E-state index is 0.0193. The molecule has 0 aliphatic carbocycles. The van der Waals surface area contributed by atoms with Crippen LogP contribution in [0.3, 0.4) is 0 Å². The fourth-order valence-electron chi connectivity index (χ4n) is 3.38. The minimum Gasteiger partial charge on any atom is -0.493 e. The van der Waals surface area contributed by atoms with Crippen molar-refractivity contribution in [1.82, 2.24) is 4.90 Å². The van der Waals surface area contributed by atoms with Crippen molar-refractivity contribution in [3.8, 4) is 5.75 Å². The van der Waals surface area contributed by atoms with Crippen LogP contribution in [0.5, 0.6) is 5.75 Å². The van der Waals surface area contributed by atoms with E-state index in [0.29, 0.717) is 13.0 Å². The van der Waals surface area contributed by atoms with E-state index in [-0.39, 0.29) is 31.3 Å². The number of likely N-dealkylation sites (tertiary alicyclic amines) is 1. The summed E-state index contributed by atoms with van der Waals surface area (Å²) in [6, 6.07) is 7.53. The van der Waals surface area contributed by atoms with Crippen molar-refractivity contribution in [2.75, 3.05) is 19.7 Å². The molecule has 1 amide bonds. The molecule has 24 heavy (non-hydrogen) atoms. The number of ether oxygens (including phenoxy) is 1. The summed E-state index contributed by atoms with van der Waals surface area (Å²) in [6.07, 6.45) is -4.62. The van der Waals surface area contributed by atoms with Crippen LogP contribution in [0.2, 0.25) is 0 Å². The van der Waals surface area contributed by atoms with Gasteiger partial charge >= 0.3 is 6.18 Å². The molecule has 2 heterocycles. The molecule has 7 heteroatoms. The lowest BCUT2D eigenvalue weighted by Crippen LogP contribution is -2.54. The molecule has 132 valence electrons. The predicted molar refractivity (Wildman–Crippen MR) is 80.7 cm³/mol. The normalized spacial score (nSPS) is 23.3. The Bertz CT molecular complexity index is 609. The van der Waals surface area contributed by atoms with Gasteiger partial charge in [0.25, 0.3) is 0 Å². The van der Waals surface area contributed by atoms with Gasteiger partial charge in [0.2, 0.25) is 5.91 Å². The Balaban J connectivity index is 1.62. The van der Waals surface area contributed by atoms with E-state index >= 15 is 0 Å². The molecule has 3 rings (SSSR count). The molecule has 1 fully saturated rings. The SMILES string of the molecule is O=C(CC1CCOc2ccccc21)N1CCC(O)(C(F)(F)F)CC1. The highest BCUT2D eigenvalue weighted by Crippen LogP contribution is 2.39. The first-order valence-electron chi connectivity index (χ1n) is 8.09. The maximum Gasteiger partial charge on any atom is 0.417 e. The molecule has 1 aromatic rings. The van der Waals surface area contributed by atoms with Crippen LogP contribution >= 0.6 is 0 Å². The molecular formula is C17H20F3NO3. The van der Waals surface area contributed by atoms with Crippen molar-refractivity contribution in [2.24, 2.45) is 0 Å². The summed E-state index contributed by atoms with van der Waals surface area (Å²) in [6.45, 7) is 0.391. The van der Waals surface area contributed by atoms with Crippen LogP contribution in [0.4, 0.5) is 13.2 Å². The van der Waals surface area contributed by atoms with E-state index in [4.69, 9.17) is 4.74 Å². The van der Waals surface area contributed by atoms with Crippen molar-refractivity contribution >= 4 is 5.91 Å². The number of para-hydroxylation sites is 1. The second-order valence-corrected chi connectivity index (χ2v) is 6.49. The molecule has 1 atom stereocenters. The molecule has 2 aliphatic rings. The Hall–Kier alpha value is -1.76. The minimum atomic E-state index is -4.65. The van der Waals surface area contributed by atoms with Crippen molar-refractivity contribution in [1.29, 1.82) is 0 Å². The fourth-order valence-corrected chi connectivity index (χ4v) is 3.38. The Morgan fingerprint density at radius 3 is 2.62 bits per heavy atom. The molecular weight excluding hydrogens is 323 g/mol. The van der Waals surface area contributed by atoms with Crippen LogP contribution in [-0.4, -0.2) is 47.4 Å². The van der Waals surface area contributed by atoms with Gasteiger partial charge in [0.15, 0.2) is 5.60 Å². The fraction of sp³-hybridized carbons (Fsp3) is 0.588. The summed E-state index contributed by atoms with van der Waals surface area (Å²) >= 11 is 0. The molecule has 0 radical (unpaired) electrons. The zero-order valence-electron chi connectivity index (χ0n) is 13.2. The van der Waals surface area contributed by atoms with Gasteiger partial charge in [0.05, 0.1) is 6.61 Å².